The van der Waals surface area contributed by atoms with Crippen LogP contribution in [0.15, 0.2) is 65.5 Å². The Labute approximate surface area is 177 Å². The van der Waals surface area contributed by atoms with Crippen LogP contribution in [0.25, 0.3) is 0 Å². The number of nitrogens with zero attached hydrogens (tertiary/aromatic N) is 2. The van der Waals surface area contributed by atoms with E-state index >= 15 is 0 Å². The Morgan fingerprint density at radius 3 is 2.53 bits per heavy atom. The van der Waals surface area contributed by atoms with Crippen molar-refractivity contribution in [2.45, 2.75) is 52.0 Å². The van der Waals surface area contributed by atoms with Crippen LogP contribution < -0.4 is 5.56 Å². The third-order valence-electron chi connectivity index (χ3n) is 6.01. The van der Waals surface area contributed by atoms with Crippen LogP contribution in [-0.2, 0) is 19.4 Å². The molecule has 1 atom stereocenters. The molecule has 2 aromatic carbocycles. The van der Waals surface area contributed by atoms with Gasteiger partial charge in [-0.2, -0.15) is 5.10 Å². The van der Waals surface area contributed by atoms with Crippen LogP contribution >= 0.6 is 0 Å². The predicted octanol–water partition coefficient (Wildman–Crippen LogP) is 4.79. The van der Waals surface area contributed by atoms with Gasteiger partial charge in [-0.1, -0.05) is 68.4 Å². The number of hydrogen-bond acceptors (Lipinski definition) is 3. The highest BCUT2D eigenvalue weighted by atomic mass is 16.1. The first-order chi connectivity index (χ1) is 14.5. The number of rotatable bonds is 6. The van der Waals surface area contributed by atoms with Crippen LogP contribution in [0.1, 0.15) is 65.3 Å². The summed E-state index contributed by atoms with van der Waals surface area (Å²) in [6.07, 6.45) is 3.02. The summed E-state index contributed by atoms with van der Waals surface area (Å²) in [4.78, 5) is 25.3. The fourth-order valence-electron chi connectivity index (χ4n) is 4.19. The molecule has 0 saturated heterocycles. The molecule has 4 nitrogen and oxygen atoms in total. The van der Waals surface area contributed by atoms with E-state index in [0.717, 1.165) is 41.6 Å². The maximum Gasteiger partial charge on any atom is 0.267 e. The van der Waals surface area contributed by atoms with Gasteiger partial charge >= 0.3 is 0 Å². The van der Waals surface area contributed by atoms with Gasteiger partial charge in [-0.3, -0.25) is 9.59 Å². The van der Waals surface area contributed by atoms with Crippen LogP contribution in [0.5, 0.6) is 0 Å². The summed E-state index contributed by atoms with van der Waals surface area (Å²) < 4.78 is 1.55. The van der Waals surface area contributed by atoms with Crippen LogP contribution in [0, 0.1) is 5.92 Å². The van der Waals surface area contributed by atoms with Crippen LogP contribution in [-0.4, -0.2) is 15.6 Å². The molecule has 0 amide bonds. The number of carbonyl (C=O) groups excluding carboxylic acids is 1. The molecule has 154 valence electrons. The molecule has 0 aliphatic heterocycles. The van der Waals surface area contributed by atoms with Gasteiger partial charge in [-0.05, 0) is 47.8 Å². The quantitative estimate of drug-likeness (QED) is 0.559. The molecule has 1 unspecified atom stereocenters. The number of carbonyl (C=O) groups is 1. The number of benzene rings is 2. The summed E-state index contributed by atoms with van der Waals surface area (Å²) in [6.45, 7) is 4.79. The Kier molecular flexibility index (Phi) is 5.93. The Morgan fingerprint density at radius 2 is 1.83 bits per heavy atom. The molecule has 0 spiro atoms. The van der Waals surface area contributed by atoms with Gasteiger partial charge in [-0.15, -0.1) is 0 Å². The Morgan fingerprint density at radius 1 is 1.10 bits per heavy atom. The van der Waals surface area contributed by atoms with Crippen molar-refractivity contribution in [1.82, 2.24) is 9.78 Å². The minimum absolute atomic E-state index is 0.0751. The van der Waals surface area contributed by atoms with Crippen molar-refractivity contribution >= 4 is 5.78 Å². The fourth-order valence-corrected chi connectivity index (χ4v) is 4.19. The largest absolute Gasteiger partial charge is 0.294 e. The zero-order chi connectivity index (χ0) is 21.1. The molecule has 1 aliphatic carbocycles. The molecule has 3 aromatic rings. The highest BCUT2D eigenvalue weighted by molar-refractivity contribution is 5.96. The van der Waals surface area contributed by atoms with Crippen LogP contribution in [0.3, 0.4) is 0 Å². The summed E-state index contributed by atoms with van der Waals surface area (Å²) in [7, 11) is 0. The van der Waals surface area contributed by atoms with Gasteiger partial charge in [0.1, 0.15) is 0 Å². The lowest BCUT2D eigenvalue weighted by Gasteiger charge is -2.24. The van der Waals surface area contributed by atoms with Crippen molar-refractivity contribution in [2.75, 3.05) is 0 Å². The normalized spacial score (nSPS) is 15.8. The lowest BCUT2D eigenvalue weighted by atomic mass is 9.83. The zero-order valence-electron chi connectivity index (χ0n) is 17.7. The molecule has 1 heterocycles. The van der Waals surface area contributed by atoms with Gasteiger partial charge in [0.25, 0.3) is 5.56 Å². The van der Waals surface area contributed by atoms with E-state index in [1.54, 1.807) is 10.7 Å². The molecular formula is C26H28N2O2. The number of aryl methyl sites for hydroxylation is 1. The SMILES string of the molecule is CC(C)c1ccc(C(=O)CC2CCc3nn(Cc4ccccc4)c(=O)cc3C2)cc1. The molecule has 0 bridgehead atoms. The van der Waals surface area contributed by atoms with E-state index in [0.29, 0.717) is 18.9 Å². The minimum Gasteiger partial charge on any atom is -0.294 e. The predicted molar refractivity (Wildman–Crippen MR) is 119 cm³/mol. The van der Waals surface area contributed by atoms with Gasteiger partial charge in [0.15, 0.2) is 5.78 Å². The second-order valence-corrected chi connectivity index (χ2v) is 8.61. The summed E-state index contributed by atoms with van der Waals surface area (Å²) in [6, 6.07) is 19.6. The van der Waals surface area contributed by atoms with Gasteiger partial charge in [0, 0.05) is 18.1 Å². The molecule has 0 radical (unpaired) electrons. The Bertz CT molecular complexity index is 1080. The molecule has 0 N–H and O–H groups in total. The number of fused-ring (bicyclic) bond motifs is 1. The van der Waals surface area contributed by atoms with Crippen molar-refractivity contribution < 1.29 is 4.79 Å². The second kappa shape index (κ2) is 8.78. The topological polar surface area (TPSA) is 52.0 Å². The molecular weight excluding hydrogens is 372 g/mol. The maximum absolute atomic E-state index is 12.7. The van der Waals surface area contributed by atoms with E-state index < -0.39 is 0 Å². The van der Waals surface area contributed by atoms with E-state index in [2.05, 4.69) is 18.9 Å². The highest BCUT2D eigenvalue weighted by Crippen LogP contribution is 2.27. The standard InChI is InChI=1S/C26H28N2O2/c1-18(2)21-9-11-22(12-10-21)25(29)15-20-8-13-24-23(14-20)16-26(30)28(27-24)17-19-6-4-3-5-7-19/h3-7,9-12,16,18,20H,8,13-15,17H2,1-2H3. The molecule has 4 rings (SSSR count). The number of Topliss-reactive ketones (excluding diaryl/α,β-unsaturated/α-hetero) is 1. The lowest BCUT2D eigenvalue weighted by Crippen LogP contribution is -2.29. The van der Waals surface area contributed by atoms with E-state index in [-0.39, 0.29) is 17.3 Å². The average molecular weight is 401 g/mol. The second-order valence-electron chi connectivity index (χ2n) is 8.61. The van der Waals surface area contributed by atoms with Gasteiger partial charge in [-0.25, -0.2) is 4.68 Å². The number of ketones is 1. The number of hydrogen-bond donors (Lipinski definition) is 0. The molecule has 0 fully saturated rings. The summed E-state index contributed by atoms with van der Waals surface area (Å²) in [5.74, 6) is 0.910. The van der Waals surface area contributed by atoms with Crippen molar-refractivity contribution in [1.29, 1.82) is 0 Å². The van der Waals surface area contributed by atoms with Gasteiger partial charge in [0.05, 0.1) is 12.2 Å². The Balaban J connectivity index is 1.44. The van der Waals surface area contributed by atoms with Crippen molar-refractivity contribution in [3.05, 3.63) is 99.0 Å². The molecule has 0 saturated carbocycles. The van der Waals surface area contributed by atoms with Gasteiger partial charge in [0.2, 0.25) is 0 Å². The van der Waals surface area contributed by atoms with E-state index in [4.69, 9.17) is 0 Å². The van der Waals surface area contributed by atoms with Crippen molar-refractivity contribution in [3.63, 3.8) is 0 Å². The third kappa shape index (κ3) is 4.59. The summed E-state index contributed by atoms with van der Waals surface area (Å²) in [5.41, 5.74) is 5.01. The number of aromatic nitrogens is 2. The third-order valence-corrected chi connectivity index (χ3v) is 6.01. The molecule has 30 heavy (non-hydrogen) atoms. The first-order valence-corrected chi connectivity index (χ1v) is 10.8. The van der Waals surface area contributed by atoms with E-state index in [1.165, 1.54) is 5.56 Å². The molecule has 1 aliphatic rings. The monoisotopic (exact) mass is 400 g/mol. The molecule has 4 heteroatoms. The summed E-state index contributed by atoms with van der Waals surface area (Å²) in [5, 5.41) is 4.63. The van der Waals surface area contributed by atoms with Crippen molar-refractivity contribution in [3.8, 4) is 0 Å². The zero-order valence-corrected chi connectivity index (χ0v) is 17.7. The van der Waals surface area contributed by atoms with Crippen LogP contribution in [0.2, 0.25) is 0 Å². The summed E-state index contributed by atoms with van der Waals surface area (Å²) >= 11 is 0. The smallest absolute Gasteiger partial charge is 0.267 e. The highest BCUT2D eigenvalue weighted by Gasteiger charge is 2.24. The first kappa shape index (κ1) is 20.3. The van der Waals surface area contributed by atoms with E-state index in [1.807, 2.05) is 54.6 Å². The van der Waals surface area contributed by atoms with Crippen molar-refractivity contribution in [2.24, 2.45) is 5.92 Å². The Hall–Kier alpha value is -3.01. The first-order valence-electron chi connectivity index (χ1n) is 10.8. The van der Waals surface area contributed by atoms with Gasteiger partial charge < -0.3 is 0 Å². The lowest BCUT2D eigenvalue weighted by molar-refractivity contribution is 0.0957. The van der Waals surface area contributed by atoms with Crippen LogP contribution in [0.4, 0.5) is 0 Å². The maximum atomic E-state index is 12.7. The average Bonchev–Trinajstić information content (AvgIpc) is 2.75. The molecule has 1 aromatic heterocycles. The van der Waals surface area contributed by atoms with E-state index in [9.17, 15) is 9.59 Å². The minimum atomic E-state index is -0.0751. The fraction of sp³-hybridized carbons (Fsp3) is 0.346.